The summed E-state index contributed by atoms with van der Waals surface area (Å²) >= 11 is 4.94. The first-order chi connectivity index (χ1) is 9.37. The number of alkyl halides is 3. The molecule has 0 atom stereocenters. The number of thiophene rings is 1. The average molecular weight is 364 g/mol. The van der Waals surface area contributed by atoms with Crippen LogP contribution in [-0.4, -0.2) is 12.7 Å². The quantitative estimate of drug-likeness (QED) is 0.792. The summed E-state index contributed by atoms with van der Waals surface area (Å²) in [6.07, 6.45) is -4.17. The Kier molecular flexibility index (Phi) is 4.88. The van der Waals surface area contributed by atoms with Gasteiger partial charge in [-0.05, 0) is 41.1 Å². The van der Waals surface area contributed by atoms with Gasteiger partial charge in [0.05, 0.1) is 6.54 Å². The SMILES string of the molecule is Cc1c(CNCC(F)(F)F)csc1-c1ccc(Br)cc1. The Labute approximate surface area is 128 Å². The van der Waals surface area contributed by atoms with Crippen LogP contribution in [0.2, 0.25) is 0 Å². The first-order valence-corrected chi connectivity index (χ1v) is 7.64. The van der Waals surface area contributed by atoms with E-state index in [-0.39, 0.29) is 6.54 Å². The lowest BCUT2D eigenvalue weighted by atomic mass is 10.1. The lowest BCUT2D eigenvalue weighted by Gasteiger charge is -2.08. The summed E-state index contributed by atoms with van der Waals surface area (Å²) in [7, 11) is 0. The van der Waals surface area contributed by atoms with Gasteiger partial charge < -0.3 is 5.32 Å². The predicted octanol–water partition coefficient (Wildman–Crippen LogP) is 5.14. The highest BCUT2D eigenvalue weighted by molar-refractivity contribution is 9.10. The van der Waals surface area contributed by atoms with Gasteiger partial charge in [-0.15, -0.1) is 11.3 Å². The van der Waals surface area contributed by atoms with Crippen LogP contribution in [0.25, 0.3) is 10.4 Å². The van der Waals surface area contributed by atoms with E-state index in [0.29, 0.717) is 0 Å². The molecule has 6 heteroatoms. The van der Waals surface area contributed by atoms with Gasteiger partial charge in [0.15, 0.2) is 0 Å². The fourth-order valence-corrected chi connectivity index (χ4v) is 3.22. The van der Waals surface area contributed by atoms with Crippen molar-refractivity contribution >= 4 is 27.3 Å². The fourth-order valence-electron chi connectivity index (χ4n) is 1.85. The summed E-state index contributed by atoms with van der Waals surface area (Å²) in [5.74, 6) is 0. The molecule has 1 heterocycles. The van der Waals surface area contributed by atoms with Crippen molar-refractivity contribution in [2.24, 2.45) is 0 Å². The average Bonchev–Trinajstić information content (AvgIpc) is 2.71. The van der Waals surface area contributed by atoms with Crippen molar-refractivity contribution in [2.45, 2.75) is 19.6 Å². The second-order valence-corrected chi connectivity index (χ2v) is 6.24. The van der Waals surface area contributed by atoms with Crippen LogP contribution >= 0.6 is 27.3 Å². The minimum Gasteiger partial charge on any atom is -0.305 e. The molecule has 0 spiro atoms. The molecule has 0 radical (unpaired) electrons. The molecule has 0 saturated heterocycles. The summed E-state index contributed by atoms with van der Waals surface area (Å²) in [6.45, 7) is 1.22. The van der Waals surface area contributed by atoms with Gasteiger partial charge in [-0.3, -0.25) is 0 Å². The van der Waals surface area contributed by atoms with Crippen molar-refractivity contribution in [1.82, 2.24) is 5.32 Å². The zero-order chi connectivity index (χ0) is 14.8. The summed E-state index contributed by atoms with van der Waals surface area (Å²) < 4.78 is 37.3. The van der Waals surface area contributed by atoms with Gasteiger partial charge in [0.2, 0.25) is 0 Å². The van der Waals surface area contributed by atoms with E-state index in [1.807, 2.05) is 36.6 Å². The molecule has 2 aromatic rings. The molecular formula is C14H13BrF3NS. The smallest absolute Gasteiger partial charge is 0.305 e. The van der Waals surface area contributed by atoms with E-state index in [2.05, 4.69) is 21.2 Å². The third-order valence-electron chi connectivity index (χ3n) is 2.89. The Morgan fingerprint density at radius 2 is 1.85 bits per heavy atom. The van der Waals surface area contributed by atoms with Crippen LogP contribution < -0.4 is 5.32 Å². The molecule has 1 N–H and O–H groups in total. The summed E-state index contributed by atoms with van der Waals surface area (Å²) in [4.78, 5) is 1.10. The highest BCUT2D eigenvalue weighted by atomic mass is 79.9. The zero-order valence-electron chi connectivity index (χ0n) is 10.7. The monoisotopic (exact) mass is 363 g/mol. The molecule has 2 rings (SSSR count). The first kappa shape index (κ1) is 15.5. The van der Waals surface area contributed by atoms with Crippen molar-refractivity contribution < 1.29 is 13.2 Å². The molecule has 0 aliphatic carbocycles. The number of nitrogens with one attached hydrogen (secondary N) is 1. The Balaban J connectivity index is 2.09. The van der Waals surface area contributed by atoms with Crippen LogP contribution in [0.1, 0.15) is 11.1 Å². The maximum absolute atomic E-state index is 12.1. The van der Waals surface area contributed by atoms with Crippen LogP contribution in [0.3, 0.4) is 0 Å². The predicted molar refractivity (Wildman–Crippen MR) is 80.0 cm³/mol. The molecule has 0 unspecified atom stereocenters. The molecular weight excluding hydrogens is 351 g/mol. The van der Waals surface area contributed by atoms with Crippen molar-refractivity contribution in [3.63, 3.8) is 0 Å². The standard InChI is InChI=1S/C14H13BrF3NS/c1-9-11(6-19-8-14(16,17)18)7-20-13(9)10-2-4-12(15)5-3-10/h2-5,7,19H,6,8H2,1H3. The van der Waals surface area contributed by atoms with Crippen molar-refractivity contribution in [2.75, 3.05) is 6.54 Å². The maximum atomic E-state index is 12.1. The summed E-state index contributed by atoms with van der Waals surface area (Å²) in [5.41, 5.74) is 3.03. The topological polar surface area (TPSA) is 12.0 Å². The number of rotatable bonds is 4. The maximum Gasteiger partial charge on any atom is 0.401 e. The molecule has 0 bridgehead atoms. The molecule has 1 aromatic heterocycles. The molecule has 1 nitrogen and oxygen atoms in total. The van der Waals surface area contributed by atoms with Crippen molar-refractivity contribution in [3.8, 4) is 10.4 Å². The molecule has 0 aliphatic rings. The Morgan fingerprint density at radius 1 is 1.20 bits per heavy atom. The van der Waals surface area contributed by atoms with Crippen LogP contribution in [0.5, 0.6) is 0 Å². The normalized spacial score (nSPS) is 11.8. The Morgan fingerprint density at radius 3 is 2.45 bits per heavy atom. The Hall–Kier alpha value is -0.850. The van der Waals surface area contributed by atoms with Gasteiger partial charge >= 0.3 is 6.18 Å². The molecule has 20 heavy (non-hydrogen) atoms. The molecule has 0 aliphatic heterocycles. The lowest BCUT2D eigenvalue weighted by molar-refractivity contribution is -0.125. The highest BCUT2D eigenvalue weighted by Gasteiger charge is 2.26. The van der Waals surface area contributed by atoms with Crippen molar-refractivity contribution in [1.29, 1.82) is 0 Å². The molecule has 0 saturated carbocycles. The van der Waals surface area contributed by atoms with E-state index in [1.54, 1.807) is 11.3 Å². The van der Waals surface area contributed by atoms with E-state index in [4.69, 9.17) is 0 Å². The van der Waals surface area contributed by atoms with E-state index in [0.717, 1.165) is 26.0 Å². The van der Waals surface area contributed by atoms with Gasteiger partial charge in [0, 0.05) is 15.9 Å². The van der Waals surface area contributed by atoms with E-state index >= 15 is 0 Å². The van der Waals surface area contributed by atoms with Gasteiger partial charge in [-0.1, -0.05) is 28.1 Å². The summed E-state index contributed by atoms with van der Waals surface area (Å²) in [5, 5.41) is 4.34. The van der Waals surface area contributed by atoms with Gasteiger partial charge in [0.1, 0.15) is 0 Å². The first-order valence-electron chi connectivity index (χ1n) is 5.97. The molecule has 108 valence electrons. The highest BCUT2D eigenvalue weighted by Crippen LogP contribution is 2.33. The molecule has 1 aromatic carbocycles. The number of benzene rings is 1. The van der Waals surface area contributed by atoms with E-state index in [1.165, 1.54) is 0 Å². The zero-order valence-corrected chi connectivity index (χ0v) is 13.1. The van der Waals surface area contributed by atoms with Gasteiger partial charge in [0.25, 0.3) is 0 Å². The van der Waals surface area contributed by atoms with E-state index < -0.39 is 12.7 Å². The fraction of sp³-hybridized carbons (Fsp3) is 0.286. The van der Waals surface area contributed by atoms with Crippen LogP contribution in [0, 0.1) is 6.92 Å². The number of hydrogen-bond acceptors (Lipinski definition) is 2. The molecule has 0 amide bonds. The van der Waals surface area contributed by atoms with Crippen LogP contribution in [0.4, 0.5) is 13.2 Å². The van der Waals surface area contributed by atoms with Crippen molar-refractivity contribution in [3.05, 3.63) is 45.2 Å². The van der Waals surface area contributed by atoms with Gasteiger partial charge in [-0.2, -0.15) is 13.2 Å². The van der Waals surface area contributed by atoms with Crippen LogP contribution in [-0.2, 0) is 6.54 Å². The second kappa shape index (κ2) is 6.28. The Bertz CT molecular complexity index is 575. The lowest BCUT2D eigenvalue weighted by Crippen LogP contribution is -2.28. The summed E-state index contributed by atoms with van der Waals surface area (Å²) in [6, 6.07) is 7.90. The minimum absolute atomic E-state index is 0.234. The number of halogens is 4. The third kappa shape index (κ3) is 4.07. The molecule has 0 fully saturated rings. The largest absolute Gasteiger partial charge is 0.401 e. The van der Waals surface area contributed by atoms with E-state index in [9.17, 15) is 13.2 Å². The number of hydrogen-bond donors (Lipinski definition) is 1. The third-order valence-corrected chi connectivity index (χ3v) is 4.60. The van der Waals surface area contributed by atoms with Crippen LogP contribution in [0.15, 0.2) is 34.1 Å². The second-order valence-electron chi connectivity index (χ2n) is 4.44. The minimum atomic E-state index is -4.17. The van der Waals surface area contributed by atoms with Gasteiger partial charge in [-0.25, -0.2) is 0 Å².